The van der Waals surface area contributed by atoms with Crippen molar-refractivity contribution in [2.75, 3.05) is 13.2 Å². The molecule has 0 radical (unpaired) electrons. The van der Waals surface area contributed by atoms with E-state index in [1.165, 1.54) is 51.4 Å². The van der Waals surface area contributed by atoms with Gasteiger partial charge in [-0.3, -0.25) is 5.26 Å². The Hall–Kier alpha value is -0.910. The fourth-order valence-corrected chi connectivity index (χ4v) is 12.5. The Bertz CT molecular complexity index is 1030. The Kier molecular flexibility index (Phi) is 6.37. The van der Waals surface area contributed by atoms with E-state index in [1.807, 2.05) is 0 Å². The lowest BCUT2D eigenvalue weighted by Gasteiger charge is -2.73. The van der Waals surface area contributed by atoms with Crippen LogP contribution in [0.25, 0.3) is 0 Å². The van der Waals surface area contributed by atoms with Crippen LogP contribution in [0.4, 0.5) is 0 Å². The molecule has 220 valence electrons. The summed E-state index contributed by atoms with van der Waals surface area (Å²) in [7, 11) is 0. The van der Waals surface area contributed by atoms with Gasteiger partial charge in [0.15, 0.2) is 0 Å². The van der Waals surface area contributed by atoms with Crippen molar-refractivity contribution in [1.82, 2.24) is 0 Å². The molecule has 39 heavy (non-hydrogen) atoms. The second-order valence-corrected chi connectivity index (χ2v) is 16.9. The van der Waals surface area contributed by atoms with Gasteiger partial charge in [-0.2, -0.15) is 0 Å². The van der Waals surface area contributed by atoms with Crippen LogP contribution >= 0.6 is 0 Å². The zero-order valence-corrected chi connectivity index (χ0v) is 25.7. The topological polar surface area (TPSA) is 65.0 Å². The highest BCUT2D eigenvalue weighted by Crippen LogP contribution is 2.78. The molecule has 6 fully saturated rings. The SMILES string of the molecule is C=C(COO)C(=O)OC1CC[C@@]2(C)C(CC[C@]3(C)C2CCC2C4C5OCC4(CCC5(C)C)CC[C@@]23C)C1(C)C. The predicted octanol–water partition coefficient (Wildman–Crippen LogP) is 7.83. The maximum absolute atomic E-state index is 12.7. The summed E-state index contributed by atoms with van der Waals surface area (Å²) in [5.41, 5.74) is 1.71. The highest BCUT2D eigenvalue weighted by Gasteiger charge is 2.72. The molecule has 5 heteroatoms. The molecule has 5 saturated carbocycles. The second-order valence-electron chi connectivity index (χ2n) is 16.9. The molecule has 0 amide bonds. The lowest BCUT2D eigenvalue weighted by molar-refractivity contribution is -0.254. The Morgan fingerprint density at radius 2 is 1.59 bits per heavy atom. The minimum absolute atomic E-state index is 0.112. The number of carbonyl (C=O) groups is 1. The smallest absolute Gasteiger partial charge is 0.336 e. The van der Waals surface area contributed by atoms with Crippen molar-refractivity contribution in [3.63, 3.8) is 0 Å². The maximum atomic E-state index is 12.7. The zero-order chi connectivity index (χ0) is 28.2. The average Bonchev–Trinajstić information content (AvgIpc) is 3.20. The molecule has 0 aromatic heterocycles. The van der Waals surface area contributed by atoms with Crippen molar-refractivity contribution in [1.29, 1.82) is 0 Å². The van der Waals surface area contributed by atoms with Gasteiger partial charge in [-0.05, 0) is 115 Å². The third-order valence-electron chi connectivity index (χ3n) is 14.8. The van der Waals surface area contributed by atoms with Crippen molar-refractivity contribution >= 4 is 5.97 Å². The van der Waals surface area contributed by atoms with E-state index in [1.54, 1.807) is 0 Å². The van der Waals surface area contributed by atoms with Crippen molar-refractivity contribution in [3.8, 4) is 0 Å². The fraction of sp³-hybridized carbons (Fsp3) is 0.912. The van der Waals surface area contributed by atoms with Crippen LogP contribution in [-0.4, -0.2) is 36.6 Å². The van der Waals surface area contributed by atoms with Gasteiger partial charge >= 0.3 is 5.97 Å². The predicted molar refractivity (Wildman–Crippen MR) is 152 cm³/mol. The van der Waals surface area contributed by atoms with E-state index < -0.39 is 5.97 Å². The lowest BCUT2D eigenvalue weighted by atomic mass is 9.31. The van der Waals surface area contributed by atoms with Crippen LogP contribution in [-0.2, 0) is 19.2 Å². The van der Waals surface area contributed by atoms with Crippen LogP contribution in [0.3, 0.4) is 0 Å². The van der Waals surface area contributed by atoms with Gasteiger partial charge in [-0.25, -0.2) is 9.68 Å². The summed E-state index contributed by atoms with van der Waals surface area (Å²) in [5.74, 6) is 2.27. The standard InChI is InChI=1S/C34H54O5/c1-21(19-38-36)28(35)39-25-12-13-31(6)23(30(25,4)5)11-14-33(8)24(31)10-9-22-26-27-29(2,3)15-17-34(26,20-37-27)18-16-32(22,33)7/h22-27,36H,1,9-20H2,2-8H3/t22?,23?,24?,25?,26?,27?,31-,32-,33+,34?/m0/s1. The van der Waals surface area contributed by atoms with Crippen molar-refractivity contribution < 1.29 is 24.4 Å². The summed E-state index contributed by atoms with van der Waals surface area (Å²) in [5, 5.41) is 8.77. The Morgan fingerprint density at radius 3 is 2.31 bits per heavy atom. The number of esters is 1. The van der Waals surface area contributed by atoms with Crippen molar-refractivity contribution in [2.24, 2.45) is 56.2 Å². The van der Waals surface area contributed by atoms with Gasteiger partial charge in [0.2, 0.25) is 0 Å². The molecule has 2 bridgehead atoms. The molecule has 0 spiro atoms. The largest absolute Gasteiger partial charge is 0.458 e. The van der Waals surface area contributed by atoms with E-state index >= 15 is 0 Å². The first-order valence-corrected chi connectivity index (χ1v) is 15.9. The number of hydrogen-bond acceptors (Lipinski definition) is 5. The summed E-state index contributed by atoms with van der Waals surface area (Å²) >= 11 is 0. The van der Waals surface area contributed by atoms with Crippen LogP contribution in [0.15, 0.2) is 12.2 Å². The van der Waals surface area contributed by atoms with Gasteiger partial charge in [-0.15, -0.1) is 0 Å². The number of rotatable bonds is 4. The maximum Gasteiger partial charge on any atom is 0.336 e. The molecule has 6 aliphatic rings. The summed E-state index contributed by atoms with van der Waals surface area (Å²) in [6, 6.07) is 0. The van der Waals surface area contributed by atoms with Gasteiger partial charge in [0.05, 0.1) is 18.3 Å². The molecule has 1 saturated heterocycles. The van der Waals surface area contributed by atoms with Gasteiger partial charge in [0, 0.05) is 5.41 Å². The van der Waals surface area contributed by atoms with Crippen molar-refractivity contribution in [3.05, 3.63) is 12.2 Å². The molecular formula is C34H54O5. The first kappa shape index (κ1) is 28.2. The molecule has 5 aliphatic carbocycles. The first-order valence-electron chi connectivity index (χ1n) is 15.9. The molecule has 1 heterocycles. The third kappa shape index (κ3) is 3.63. The van der Waals surface area contributed by atoms with Crippen molar-refractivity contribution in [2.45, 2.75) is 125 Å². The van der Waals surface area contributed by atoms with E-state index in [0.29, 0.717) is 39.6 Å². The van der Waals surface area contributed by atoms with E-state index in [2.05, 4.69) is 59.9 Å². The van der Waals surface area contributed by atoms with E-state index in [4.69, 9.17) is 14.7 Å². The van der Waals surface area contributed by atoms with Crippen LogP contribution < -0.4 is 0 Å². The van der Waals surface area contributed by atoms with Crippen LogP contribution in [0.2, 0.25) is 0 Å². The molecular weight excluding hydrogens is 488 g/mol. The minimum Gasteiger partial charge on any atom is -0.458 e. The van der Waals surface area contributed by atoms with Crippen LogP contribution in [0.5, 0.6) is 0 Å². The zero-order valence-electron chi connectivity index (χ0n) is 25.7. The Balaban J connectivity index is 1.28. The van der Waals surface area contributed by atoms with Gasteiger partial charge in [-0.1, -0.05) is 55.0 Å². The van der Waals surface area contributed by atoms with Crippen LogP contribution in [0, 0.1) is 56.2 Å². The van der Waals surface area contributed by atoms with E-state index in [9.17, 15) is 4.79 Å². The Morgan fingerprint density at radius 1 is 0.872 bits per heavy atom. The monoisotopic (exact) mass is 542 g/mol. The molecule has 5 nitrogen and oxygen atoms in total. The number of fused-ring (bicyclic) bond motifs is 5. The highest BCUT2D eigenvalue weighted by molar-refractivity contribution is 5.88. The average molecular weight is 543 g/mol. The first-order chi connectivity index (χ1) is 18.2. The number of hydrogen-bond donors (Lipinski definition) is 1. The van der Waals surface area contributed by atoms with Gasteiger partial charge in [0.1, 0.15) is 12.7 Å². The summed E-state index contributed by atoms with van der Waals surface area (Å²) in [4.78, 5) is 16.8. The van der Waals surface area contributed by atoms with E-state index in [-0.39, 0.29) is 29.1 Å². The van der Waals surface area contributed by atoms with Gasteiger partial charge < -0.3 is 9.47 Å². The molecule has 0 aromatic carbocycles. The number of carbonyl (C=O) groups excluding carboxylic acids is 1. The number of ether oxygens (including phenoxy) is 2. The summed E-state index contributed by atoms with van der Waals surface area (Å²) in [6.07, 6.45) is 12.8. The molecule has 0 aromatic rings. The summed E-state index contributed by atoms with van der Waals surface area (Å²) in [6.45, 7) is 22.1. The van der Waals surface area contributed by atoms with Crippen LogP contribution in [0.1, 0.15) is 113 Å². The fourth-order valence-electron chi connectivity index (χ4n) is 12.5. The normalized spacial score (nSPS) is 51.1. The Labute approximate surface area is 236 Å². The van der Waals surface area contributed by atoms with Gasteiger partial charge in [0.25, 0.3) is 0 Å². The second kappa shape index (κ2) is 8.80. The molecule has 10 atom stereocenters. The molecule has 1 N–H and O–H groups in total. The highest BCUT2D eigenvalue weighted by atomic mass is 17.1. The van der Waals surface area contributed by atoms with E-state index in [0.717, 1.165) is 31.3 Å². The summed E-state index contributed by atoms with van der Waals surface area (Å²) < 4.78 is 12.8. The molecule has 1 aliphatic heterocycles. The minimum atomic E-state index is -0.442. The lowest BCUT2D eigenvalue weighted by Crippen LogP contribution is -2.68. The quantitative estimate of drug-likeness (QED) is 0.170. The third-order valence-corrected chi connectivity index (χ3v) is 14.8. The molecule has 6 rings (SSSR count). The molecule has 7 unspecified atom stereocenters.